The van der Waals surface area contributed by atoms with Crippen molar-refractivity contribution in [3.05, 3.63) is 12.2 Å². The number of aryl methyl sites for hydroxylation is 1. The van der Waals surface area contributed by atoms with Crippen LogP contribution in [-0.2, 0) is 16.6 Å². The van der Waals surface area contributed by atoms with Crippen LogP contribution in [0.25, 0.3) is 0 Å². The molecule has 2 aliphatic heterocycles. The van der Waals surface area contributed by atoms with E-state index in [0.29, 0.717) is 5.82 Å². The maximum absolute atomic E-state index is 12.6. The molecule has 2 saturated heterocycles. The second-order valence-electron chi connectivity index (χ2n) is 7.18. The Bertz CT molecular complexity index is 711. The number of hydrogen-bond donors (Lipinski definition) is 1. The third kappa shape index (κ3) is 5.89. The molecule has 164 valence electrons. The average molecular weight is 421 g/mol. The second kappa shape index (κ2) is 9.53. The SMILES string of the molecule is COCCN1CCCC12CCCN(C(=O)c1ncn(C)n1)C2.O=C(O)C(F)(F)F. The van der Waals surface area contributed by atoms with E-state index in [4.69, 9.17) is 14.6 Å². The fourth-order valence-corrected chi connectivity index (χ4v) is 3.87. The van der Waals surface area contributed by atoms with Gasteiger partial charge in [0.05, 0.1) is 6.61 Å². The van der Waals surface area contributed by atoms with E-state index in [-0.39, 0.29) is 11.4 Å². The second-order valence-corrected chi connectivity index (χ2v) is 7.18. The number of carboxylic acids is 1. The van der Waals surface area contributed by atoms with Crippen molar-refractivity contribution in [3.8, 4) is 0 Å². The highest BCUT2D eigenvalue weighted by molar-refractivity contribution is 5.90. The molecular weight excluding hydrogens is 395 g/mol. The molecule has 3 heterocycles. The van der Waals surface area contributed by atoms with E-state index in [1.165, 1.54) is 6.42 Å². The van der Waals surface area contributed by atoms with Crippen molar-refractivity contribution in [2.45, 2.75) is 37.4 Å². The number of nitrogens with zero attached hydrogens (tertiary/aromatic N) is 5. The first-order valence-electron chi connectivity index (χ1n) is 9.28. The summed E-state index contributed by atoms with van der Waals surface area (Å²) < 4.78 is 38.6. The quantitative estimate of drug-likeness (QED) is 0.779. The summed E-state index contributed by atoms with van der Waals surface area (Å²) in [6.07, 6.45) is 1.06. The van der Waals surface area contributed by atoms with E-state index in [9.17, 15) is 18.0 Å². The number of rotatable bonds is 4. The van der Waals surface area contributed by atoms with Gasteiger partial charge < -0.3 is 14.7 Å². The fraction of sp³-hybridized carbons (Fsp3) is 0.765. The zero-order valence-electron chi connectivity index (χ0n) is 16.5. The van der Waals surface area contributed by atoms with Gasteiger partial charge in [-0.1, -0.05) is 0 Å². The molecule has 1 aromatic heterocycles. The minimum Gasteiger partial charge on any atom is -0.475 e. The molecule has 1 unspecified atom stereocenters. The Morgan fingerprint density at radius 2 is 1.90 bits per heavy atom. The maximum Gasteiger partial charge on any atom is 0.490 e. The Hall–Kier alpha value is -2.21. The number of halogens is 3. The van der Waals surface area contributed by atoms with E-state index < -0.39 is 12.1 Å². The Kier molecular flexibility index (Phi) is 7.58. The number of amides is 1. The average Bonchev–Trinajstić information content (AvgIpc) is 3.25. The van der Waals surface area contributed by atoms with Gasteiger partial charge in [0.1, 0.15) is 6.33 Å². The van der Waals surface area contributed by atoms with Gasteiger partial charge in [0, 0.05) is 39.3 Å². The van der Waals surface area contributed by atoms with E-state index in [1.807, 2.05) is 4.90 Å². The van der Waals surface area contributed by atoms with Gasteiger partial charge >= 0.3 is 12.1 Å². The third-order valence-corrected chi connectivity index (χ3v) is 5.18. The van der Waals surface area contributed by atoms with Crippen molar-refractivity contribution in [1.29, 1.82) is 0 Å². The number of aliphatic carboxylic acids is 1. The highest BCUT2D eigenvalue weighted by Gasteiger charge is 2.45. The van der Waals surface area contributed by atoms with Crippen LogP contribution in [0, 0.1) is 0 Å². The summed E-state index contributed by atoms with van der Waals surface area (Å²) >= 11 is 0. The number of piperidine rings is 1. The van der Waals surface area contributed by atoms with E-state index in [2.05, 4.69) is 15.0 Å². The smallest absolute Gasteiger partial charge is 0.475 e. The maximum atomic E-state index is 12.6. The van der Waals surface area contributed by atoms with Crippen LogP contribution in [0.2, 0.25) is 0 Å². The molecule has 3 rings (SSSR count). The van der Waals surface area contributed by atoms with Gasteiger partial charge in [-0.3, -0.25) is 14.4 Å². The minimum absolute atomic E-state index is 0.0433. The number of likely N-dealkylation sites (tertiary alicyclic amines) is 2. The topological polar surface area (TPSA) is 101 Å². The first kappa shape index (κ1) is 23.1. The van der Waals surface area contributed by atoms with Gasteiger partial charge in [-0.15, -0.1) is 5.10 Å². The summed E-state index contributed by atoms with van der Waals surface area (Å²) in [5.41, 5.74) is 0.126. The summed E-state index contributed by atoms with van der Waals surface area (Å²) in [5, 5.41) is 11.3. The third-order valence-electron chi connectivity index (χ3n) is 5.18. The van der Waals surface area contributed by atoms with Crippen LogP contribution >= 0.6 is 0 Å². The molecule has 1 amide bonds. The van der Waals surface area contributed by atoms with Gasteiger partial charge in [0.25, 0.3) is 5.91 Å². The van der Waals surface area contributed by atoms with Gasteiger partial charge in [-0.05, 0) is 32.2 Å². The van der Waals surface area contributed by atoms with Crippen LogP contribution < -0.4 is 0 Å². The molecule has 1 N–H and O–H groups in total. The lowest BCUT2D eigenvalue weighted by molar-refractivity contribution is -0.192. The fourth-order valence-electron chi connectivity index (χ4n) is 3.87. The first-order valence-corrected chi connectivity index (χ1v) is 9.28. The number of alkyl halides is 3. The van der Waals surface area contributed by atoms with Crippen molar-refractivity contribution in [3.63, 3.8) is 0 Å². The van der Waals surface area contributed by atoms with Crippen molar-refractivity contribution < 1.29 is 32.6 Å². The Morgan fingerprint density at radius 3 is 2.41 bits per heavy atom. The summed E-state index contributed by atoms with van der Waals surface area (Å²) in [6, 6.07) is 0. The summed E-state index contributed by atoms with van der Waals surface area (Å²) in [4.78, 5) is 30.1. The standard InChI is InChI=1S/C15H25N5O2.C2HF3O2/c1-18-12-16-13(17-18)14(21)19-7-3-5-15(11-19)6-4-8-20(15)9-10-22-2;3-2(4,5)1(6)7/h12H,3-11H2,1-2H3;(H,6,7). The van der Waals surface area contributed by atoms with Crippen molar-refractivity contribution in [2.24, 2.45) is 7.05 Å². The van der Waals surface area contributed by atoms with Crippen LogP contribution in [0.3, 0.4) is 0 Å². The first-order chi connectivity index (χ1) is 13.6. The number of aromatic nitrogens is 3. The number of carboxylic acid groups (broad SMARTS) is 1. The lowest BCUT2D eigenvalue weighted by Gasteiger charge is -2.45. The Morgan fingerprint density at radius 1 is 1.28 bits per heavy atom. The normalized spacial score (nSPS) is 22.4. The molecule has 9 nitrogen and oxygen atoms in total. The predicted octanol–water partition coefficient (Wildman–Crippen LogP) is 1.17. The molecule has 0 saturated carbocycles. The number of carbonyl (C=O) groups excluding carboxylic acids is 1. The molecule has 12 heteroatoms. The van der Waals surface area contributed by atoms with Crippen LogP contribution in [0.1, 0.15) is 36.3 Å². The van der Waals surface area contributed by atoms with E-state index in [0.717, 1.165) is 52.0 Å². The number of methoxy groups -OCH3 is 1. The minimum atomic E-state index is -5.08. The molecule has 1 atom stereocenters. The highest BCUT2D eigenvalue weighted by Crippen LogP contribution is 2.37. The monoisotopic (exact) mass is 421 g/mol. The van der Waals surface area contributed by atoms with Crippen LogP contribution in [0.15, 0.2) is 6.33 Å². The van der Waals surface area contributed by atoms with Crippen molar-refractivity contribution >= 4 is 11.9 Å². The summed E-state index contributed by atoms with van der Waals surface area (Å²) in [5.74, 6) is -2.49. The molecule has 2 fully saturated rings. The van der Waals surface area contributed by atoms with Crippen LogP contribution in [0.5, 0.6) is 0 Å². The molecule has 0 aliphatic carbocycles. The van der Waals surface area contributed by atoms with Crippen LogP contribution in [-0.4, -0.2) is 93.2 Å². The Balaban J connectivity index is 0.000000370. The van der Waals surface area contributed by atoms with E-state index in [1.54, 1.807) is 25.2 Å². The molecule has 0 radical (unpaired) electrons. The largest absolute Gasteiger partial charge is 0.490 e. The van der Waals surface area contributed by atoms with Gasteiger partial charge in [-0.2, -0.15) is 13.2 Å². The number of ether oxygens (including phenoxy) is 1. The van der Waals surface area contributed by atoms with Gasteiger partial charge in [0.15, 0.2) is 0 Å². The van der Waals surface area contributed by atoms with Crippen molar-refractivity contribution in [1.82, 2.24) is 24.6 Å². The molecule has 1 aromatic rings. The number of hydrogen-bond acceptors (Lipinski definition) is 6. The number of carbonyl (C=O) groups is 2. The molecule has 1 spiro atoms. The molecule has 0 bridgehead atoms. The molecule has 0 aromatic carbocycles. The Labute approximate surface area is 166 Å². The van der Waals surface area contributed by atoms with Crippen molar-refractivity contribution in [2.75, 3.05) is 39.9 Å². The predicted molar refractivity (Wildman–Crippen MR) is 95.2 cm³/mol. The van der Waals surface area contributed by atoms with Gasteiger partial charge in [-0.25, -0.2) is 9.78 Å². The lowest BCUT2D eigenvalue weighted by Crippen LogP contribution is -2.57. The zero-order valence-corrected chi connectivity index (χ0v) is 16.5. The zero-order chi connectivity index (χ0) is 21.7. The lowest BCUT2D eigenvalue weighted by atomic mass is 9.86. The molecular formula is C17H26F3N5O4. The summed E-state index contributed by atoms with van der Waals surface area (Å²) in [7, 11) is 3.52. The highest BCUT2D eigenvalue weighted by atomic mass is 19.4. The van der Waals surface area contributed by atoms with Crippen LogP contribution in [0.4, 0.5) is 13.2 Å². The van der Waals surface area contributed by atoms with Gasteiger partial charge in [0.2, 0.25) is 5.82 Å². The summed E-state index contributed by atoms with van der Waals surface area (Å²) in [6.45, 7) is 4.38. The molecule has 2 aliphatic rings. The van der Waals surface area contributed by atoms with E-state index >= 15 is 0 Å². The molecule has 29 heavy (non-hydrogen) atoms.